The van der Waals surface area contributed by atoms with Crippen LogP contribution in [0.25, 0.3) is 0 Å². The van der Waals surface area contributed by atoms with Crippen LogP contribution in [0.15, 0.2) is 0 Å². The van der Waals surface area contributed by atoms with Crippen LogP contribution in [0.4, 0.5) is 0 Å². The molecule has 6 N–H and O–H groups in total. The van der Waals surface area contributed by atoms with E-state index in [1.54, 1.807) is 0 Å². The Balaban J connectivity index is -0.000000187. The van der Waals surface area contributed by atoms with E-state index in [2.05, 4.69) is 0 Å². The second-order valence-electron chi connectivity index (χ2n) is 3.09. The fraction of sp³-hybridized carbons (Fsp3) is 1.00. The summed E-state index contributed by atoms with van der Waals surface area (Å²) in [6, 6.07) is 0. The van der Waals surface area contributed by atoms with Gasteiger partial charge in [0.05, 0.1) is 0 Å². The zero-order valence-electron chi connectivity index (χ0n) is 11.8. The van der Waals surface area contributed by atoms with Gasteiger partial charge in [-0.15, -0.1) is 0 Å². The van der Waals surface area contributed by atoms with Crippen LogP contribution in [-0.4, -0.2) is 171 Å². The van der Waals surface area contributed by atoms with Gasteiger partial charge in [0.25, 0.3) is 0 Å². The van der Waals surface area contributed by atoms with Crippen molar-refractivity contribution in [2.75, 3.05) is 18.9 Å². The maximum atomic E-state index is 10.6. The third-order valence-corrected chi connectivity index (χ3v) is 3.46. The van der Waals surface area contributed by atoms with Crippen molar-refractivity contribution in [1.29, 1.82) is 0 Å². The summed E-state index contributed by atoms with van der Waals surface area (Å²) >= 11 is 0. The predicted octanol–water partition coefficient (Wildman–Crippen LogP) is -2.83. The van der Waals surface area contributed by atoms with E-state index in [9.17, 15) is 13.7 Å². The number of nitrogens with zero attached hydrogens (tertiary/aromatic N) is 1. The molecule has 0 aromatic heterocycles. The van der Waals surface area contributed by atoms with E-state index in [-0.39, 0.29) is 118 Å². The molecular formula is C3H12NNa4O9P3. The summed E-state index contributed by atoms with van der Waals surface area (Å²) in [4.78, 5) is 51.6. The minimum absolute atomic E-state index is 0. The summed E-state index contributed by atoms with van der Waals surface area (Å²) in [5.74, 6) is 0. The Morgan fingerprint density at radius 2 is 0.700 bits per heavy atom. The van der Waals surface area contributed by atoms with Gasteiger partial charge < -0.3 is 29.4 Å². The molecule has 0 saturated heterocycles. The van der Waals surface area contributed by atoms with Crippen molar-refractivity contribution in [2.45, 2.75) is 0 Å². The second-order valence-corrected chi connectivity index (χ2v) is 7.93. The molecule has 4 radical (unpaired) electrons. The third kappa shape index (κ3) is 27.3. The fourth-order valence-corrected chi connectivity index (χ4v) is 3.55. The Kier molecular flexibility index (Phi) is 25.9. The maximum Gasteiger partial charge on any atom is 0.339 e. The van der Waals surface area contributed by atoms with Crippen molar-refractivity contribution in [2.24, 2.45) is 0 Å². The maximum absolute atomic E-state index is 10.6. The number of hydrogen-bond donors (Lipinski definition) is 6. The van der Waals surface area contributed by atoms with Crippen LogP contribution in [0.2, 0.25) is 0 Å². The Hall–Kier alpha value is 4.41. The standard InChI is InChI=1S/C3H12NO9P3.4Na/c5-14(6,7)1-4(2-15(8,9)10)3-16(11,12)13;;;;/h1-3H2,(H2,5,6,7)(H2,8,9,10)(H2,11,12,13);;;;. The van der Waals surface area contributed by atoms with Gasteiger partial charge in [0.2, 0.25) is 0 Å². The molecule has 0 fully saturated rings. The van der Waals surface area contributed by atoms with E-state index >= 15 is 0 Å². The van der Waals surface area contributed by atoms with Crippen molar-refractivity contribution in [3.63, 3.8) is 0 Å². The van der Waals surface area contributed by atoms with E-state index < -0.39 is 41.6 Å². The normalized spacial score (nSPS) is 11.6. The molecule has 0 heterocycles. The van der Waals surface area contributed by atoms with Gasteiger partial charge in [-0.1, -0.05) is 0 Å². The molecule has 0 aliphatic rings. The van der Waals surface area contributed by atoms with Crippen LogP contribution in [0.5, 0.6) is 0 Å². The summed E-state index contributed by atoms with van der Waals surface area (Å²) in [6.45, 7) is 0. The molecule has 0 spiro atoms. The van der Waals surface area contributed by atoms with Gasteiger partial charge in [0.1, 0.15) is 18.9 Å². The third-order valence-electron chi connectivity index (χ3n) is 1.15. The van der Waals surface area contributed by atoms with Crippen LogP contribution in [0, 0.1) is 0 Å². The van der Waals surface area contributed by atoms with Gasteiger partial charge in [-0.05, 0) is 0 Å². The van der Waals surface area contributed by atoms with Crippen molar-refractivity contribution in [3.05, 3.63) is 0 Å². The van der Waals surface area contributed by atoms with E-state index in [0.717, 1.165) is 0 Å². The van der Waals surface area contributed by atoms with Crippen molar-refractivity contribution < 1.29 is 43.1 Å². The first kappa shape index (κ1) is 35.5. The van der Waals surface area contributed by atoms with E-state index in [1.807, 2.05) is 0 Å². The minimum atomic E-state index is -4.65. The van der Waals surface area contributed by atoms with E-state index in [4.69, 9.17) is 29.4 Å². The molecule has 0 atom stereocenters. The Labute approximate surface area is 204 Å². The van der Waals surface area contributed by atoms with E-state index in [0.29, 0.717) is 4.90 Å². The average molecular weight is 391 g/mol. The van der Waals surface area contributed by atoms with Gasteiger partial charge in [-0.3, -0.25) is 18.6 Å². The summed E-state index contributed by atoms with van der Waals surface area (Å²) in [7, 11) is -14.0. The van der Waals surface area contributed by atoms with Crippen LogP contribution in [0.1, 0.15) is 0 Å². The minimum Gasteiger partial charge on any atom is -0.324 e. The molecule has 0 bridgehead atoms. The first-order valence-electron chi connectivity index (χ1n) is 3.65. The van der Waals surface area contributed by atoms with Crippen molar-refractivity contribution in [1.82, 2.24) is 4.90 Å². The molecule has 10 nitrogen and oxygen atoms in total. The Morgan fingerprint density at radius 1 is 0.550 bits per heavy atom. The monoisotopic (exact) mass is 391 g/mol. The largest absolute Gasteiger partial charge is 0.339 e. The Morgan fingerprint density at radius 3 is 0.800 bits per heavy atom. The van der Waals surface area contributed by atoms with Crippen LogP contribution in [-0.2, 0) is 13.7 Å². The summed E-state index contributed by atoms with van der Waals surface area (Å²) in [6.07, 6.45) is -3.41. The first-order valence-corrected chi connectivity index (χ1v) is 9.04. The molecule has 0 rings (SSSR count). The quantitative estimate of drug-likeness (QED) is 0.204. The van der Waals surface area contributed by atoms with Gasteiger partial charge >= 0.3 is 22.8 Å². The molecule has 17 heteroatoms. The average Bonchev–Trinajstić information content (AvgIpc) is 1.70. The number of rotatable bonds is 6. The number of hydrogen-bond acceptors (Lipinski definition) is 4. The molecule has 0 amide bonds. The zero-order valence-corrected chi connectivity index (χ0v) is 22.5. The molecular weight excluding hydrogens is 379 g/mol. The SMILES string of the molecule is O=P(O)(O)CN(CP(=O)(O)O)CP(=O)(O)O.[Na].[Na].[Na].[Na]. The fourth-order valence-electron chi connectivity index (χ4n) is 0.916. The summed E-state index contributed by atoms with van der Waals surface area (Å²) < 4.78 is 31.7. The molecule has 0 aliphatic carbocycles. The molecule has 102 valence electrons. The zero-order chi connectivity index (χ0) is 13.2. The summed E-state index contributed by atoms with van der Waals surface area (Å²) in [5, 5.41) is 0. The molecule has 0 aliphatic heterocycles. The van der Waals surface area contributed by atoms with E-state index in [1.165, 1.54) is 0 Å². The molecule has 0 saturated carbocycles. The molecule has 20 heavy (non-hydrogen) atoms. The van der Waals surface area contributed by atoms with Gasteiger partial charge in [0.15, 0.2) is 0 Å². The smallest absolute Gasteiger partial charge is 0.324 e. The van der Waals surface area contributed by atoms with Gasteiger partial charge in [-0.2, -0.15) is 0 Å². The Bertz CT molecular complexity index is 320. The molecule has 0 aromatic rings. The molecule has 0 unspecified atom stereocenters. The van der Waals surface area contributed by atoms with Crippen LogP contribution in [0.3, 0.4) is 0 Å². The van der Waals surface area contributed by atoms with Crippen LogP contribution >= 0.6 is 22.8 Å². The summed E-state index contributed by atoms with van der Waals surface area (Å²) in [5.41, 5.74) is 0. The van der Waals surface area contributed by atoms with Crippen LogP contribution < -0.4 is 0 Å². The van der Waals surface area contributed by atoms with Crippen molar-refractivity contribution >= 4 is 141 Å². The van der Waals surface area contributed by atoms with Gasteiger partial charge in [0, 0.05) is 118 Å². The second kappa shape index (κ2) is 14.6. The topological polar surface area (TPSA) is 176 Å². The first-order chi connectivity index (χ1) is 6.79. The predicted molar refractivity (Wildman–Crippen MR) is 75.6 cm³/mol. The van der Waals surface area contributed by atoms with Gasteiger partial charge in [-0.25, -0.2) is 0 Å². The van der Waals surface area contributed by atoms with Crippen molar-refractivity contribution in [3.8, 4) is 0 Å². The molecule has 0 aromatic carbocycles.